The summed E-state index contributed by atoms with van der Waals surface area (Å²) < 4.78 is 52.9. The SMILES string of the molecule is O=C(O)c1ccc(F)c(-c2ccc(F)c(F)c2F)c1. The van der Waals surface area contributed by atoms with E-state index in [0.717, 1.165) is 24.3 Å². The number of carboxylic acid groups (broad SMARTS) is 1. The van der Waals surface area contributed by atoms with Gasteiger partial charge in [0.1, 0.15) is 5.82 Å². The molecule has 0 spiro atoms. The van der Waals surface area contributed by atoms with Gasteiger partial charge in [-0.05, 0) is 30.3 Å². The summed E-state index contributed by atoms with van der Waals surface area (Å²) in [6.45, 7) is 0. The fourth-order valence-electron chi connectivity index (χ4n) is 1.60. The lowest BCUT2D eigenvalue weighted by Gasteiger charge is -2.07. The lowest BCUT2D eigenvalue weighted by atomic mass is 10.0. The molecule has 0 atom stereocenters. The van der Waals surface area contributed by atoms with Crippen molar-refractivity contribution < 1.29 is 27.5 Å². The average Bonchev–Trinajstić information content (AvgIpc) is 2.37. The quantitative estimate of drug-likeness (QED) is 0.668. The first-order chi connectivity index (χ1) is 8.91. The van der Waals surface area contributed by atoms with Crippen LogP contribution in [0.15, 0.2) is 30.3 Å². The van der Waals surface area contributed by atoms with Gasteiger partial charge in [0.05, 0.1) is 5.56 Å². The van der Waals surface area contributed by atoms with E-state index < -0.39 is 40.4 Å². The molecule has 2 nitrogen and oxygen atoms in total. The van der Waals surface area contributed by atoms with Gasteiger partial charge in [-0.3, -0.25) is 0 Å². The molecule has 2 aromatic carbocycles. The summed E-state index contributed by atoms with van der Waals surface area (Å²) >= 11 is 0. The Balaban J connectivity index is 2.68. The van der Waals surface area contributed by atoms with Crippen LogP contribution in [-0.4, -0.2) is 11.1 Å². The molecule has 0 saturated heterocycles. The van der Waals surface area contributed by atoms with Gasteiger partial charge in [-0.1, -0.05) is 0 Å². The Labute approximate surface area is 104 Å². The highest BCUT2D eigenvalue weighted by Gasteiger charge is 2.18. The number of hydrogen-bond acceptors (Lipinski definition) is 1. The van der Waals surface area contributed by atoms with Crippen molar-refractivity contribution in [1.29, 1.82) is 0 Å². The van der Waals surface area contributed by atoms with Crippen LogP contribution in [-0.2, 0) is 0 Å². The third-order valence-corrected chi connectivity index (χ3v) is 2.54. The van der Waals surface area contributed by atoms with Crippen LogP contribution in [0.3, 0.4) is 0 Å². The summed E-state index contributed by atoms with van der Waals surface area (Å²) in [5, 5.41) is 8.76. The zero-order valence-corrected chi connectivity index (χ0v) is 9.25. The number of carboxylic acids is 1. The van der Waals surface area contributed by atoms with E-state index in [9.17, 15) is 22.4 Å². The van der Waals surface area contributed by atoms with Crippen LogP contribution in [0.5, 0.6) is 0 Å². The first-order valence-corrected chi connectivity index (χ1v) is 5.08. The fourth-order valence-corrected chi connectivity index (χ4v) is 1.60. The molecule has 0 aromatic heterocycles. The van der Waals surface area contributed by atoms with Crippen LogP contribution in [0.1, 0.15) is 10.4 Å². The molecule has 98 valence electrons. The summed E-state index contributed by atoms with van der Waals surface area (Å²) in [5.74, 6) is -6.99. The zero-order valence-electron chi connectivity index (χ0n) is 9.25. The van der Waals surface area contributed by atoms with E-state index in [0.29, 0.717) is 6.07 Å². The second kappa shape index (κ2) is 4.72. The van der Waals surface area contributed by atoms with Gasteiger partial charge in [-0.2, -0.15) is 0 Å². The molecular formula is C13H6F4O2. The van der Waals surface area contributed by atoms with Crippen LogP contribution in [0, 0.1) is 23.3 Å². The number of benzene rings is 2. The van der Waals surface area contributed by atoms with Crippen LogP contribution in [0.25, 0.3) is 11.1 Å². The van der Waals surface area contributed by atoms with Crippen LogP contribution >= 0.6 is 0 Å². The average molecular weight is 270 g/mol. The first kappa shape index (κ1) is 13.1. The van der Waals surface area contributed by atoms with Crippen LogP contribution in [0.4, 0.5) is 17.6 Å². The smallest absolute Gasteiger partial charge is 0.335 e. The third kappa shape index (κ3) is 2.29. The summed E-state index contributed by atoms with van der Waals surface area (Å²) in [6.07, 6.45) is 0. The van der Waals surface area contributed by atoms with E-state index in [1.807, 2.05) is 0 Å². The van der Waals surface area contributed by atoms with E-state index >= 15 is 0 Å². The minimum Gasteiger partial charge on any atom is -0.478 e. The molecule has 0 saturated carbocycles. The standard InChI is InChI=1S/C13H6F4O2/c14-9-3-1-6(13(18)19)5-8(9)7-2-4-10(15)12(17)11(7)16/h1-5H,(H,18,19). The van der Waals surface area contributed by atoms with Crippen molar-refractivity contribution in [2.24, 2.45) is 0 Å². The Morgan fingerprint density at radius 3 is 2.11 bits per heavy atom. The van der Waals surface area contributed by atoms with Gasteiger partial charge in [0.15, 0.2) is 17.5 Å². The van der Waals surface area contributed by atoms with Crippen molar-refractivity contribution in [1.82, 2.24) is 0 Å². The molecule has 0 fully saturated rings. The molecule has 0 heterocycles. The summed E-state index contributed by atoms with van der Waals surface area (Å²) in [7, 11) is 0. The number of aromatic carboxylic acids is 1. The molecule has 0 bridgehead atoms. The second-order valence-electron chi connectivity index (χ2n) is 3.72. The van der Waals surface area contributed by atoms with Gasteiger partial charge < -0.3 is 5.11 Å². The van der Waals surface area contributed by atoms with E-state index in [2.05, 4.69) is 0 Å². The van der Waals surface area contributed by atoms with Gasteiger partial charge in [0.2, 0.25) is 0 Å². The second-order valence-corrected chi connectivity index (χ2v) is 3.72. The number of hydrogen-bond donors (Lipinski definition) is 1. The third-order valence-electron chi connectivity index (χ3n) is 2.54. The van der Waals surface area contributed by atoms with Crippen LogP contribution in [0.2, 0.25) is 0 Å². The Bertz CT molecular complexity index is 668. The van der Waals surface area contributed by atoms with Crippen molar-refractivity contribution >= 4 is 5.97 Å². The molecule has 19 heavy (non-hydrogen) atoms. The highest BCUT2D eigenvalue weighted by Crippen LogP contribution is 2.29. The summed E-state index contributed by atoms with van der Waals surface area (Å²) in [5.41, 5.74) is -1.28. The van der Waals surface area contributed by atoms with Crippen molar-refractivity contribution in [2.75, 3.05) is 0 Å². The predicted molar refractivity (Wildman–Crippen MR) is 58.7 cm³/mol. The molecule has 2 aromatic rings. The Hall–Kier alpha value is -2.37. The van der Waals surface area contributed by atoms with Gasteiger partial charge in [0.25, 0.3) is 0 Å². The molecule has 0 aliphatic heterocycles. The Morgan fingerprint density at radius 1 is 0.842 bits per heavy atom. The lowest BCUT2D eigenvalue weighted by molar-refractivity contribution is 0.0697. The molecule has 2 rings (SSSR count). The molecule has 0 amide bonds. The molecule has 1 N–H and O–H groups in total. The highest BCUT2D eigenvalue weighted by molar-refractivity contribution is 5.89. The van der Waals surface area contributed by atoms with Crippen molar-refractivity contribution in [3.63, 3.8) is 0 Å². The summed E-state index contributed by atoms with van der Waals surface area (Å²) in [4.78, 5) is 10.8. The predicted octanol–water partition coefficient (Wildman–Crippen LogP) is 3.61. The number of halogens is 4. The van der Waals surface area contributed by atoms with Crippen molar-refractivity contribution in [3.8, 4) is 11.1 Å². The first-order valence-electron chi connectivity index (χ1n) is 5.08. The van der Waals surface area contributed by atoms with Gasteiger partial charge >= 0.3 is 5.97 Å². The maximum atomic E-state index is 13.6. The highest BCUT2D eigenvalue weighted by atomic mass is 19.2. The summed E-state index contributed by atoms with van der Waals surface area (Å²) in [6, 6.07) is 4.14. The number of rotatable bonds is 2. The minimum absolute atomic E-state index is 0.291. The molecule has 6 heteroatoms. The normalized spacial score (nSPS) is 10.5. The Kier molecular flexibility index (Phi) is 3.25. The molecule has 0 radical (unpaired) electrons. The topological polar surface area (TPSA) is 37.3 Å². The molecule has 0 aliphatic carbocycles. The van der Waals surface area contributed by atoms with Crippen molar-refractivity contribution in [2.45, 2.75) is 0 Å². The maximum absolute atomic E-state index is 13.6. The van der Waals surface area contributed by atoms with Crippen LogP contribution < -0.4 is 0 Å². The maximum Gasteiger partial charge on any atom is 0.335 e. The molecule has 0 unspecified atom stereocenters. The lowest BCUT2D eigenvalue weighted by Crippen LogP contribution is -2.00. The van der Waals surface area contributed by atoms with E-state index in [1.54, 1.807) is 0 Å². The Morgan fingerprint density at radius 2 is 1.47 bits per heavy atom. The van der Waals surface area contributed by atoms with E-state index in [1.165, 1.54) is 0 Å². The van der Waals surface area contributed by atoms with E-state index in [-0.39, 0.29) is 5.56 Å². The number of carbonyl (C=O) groups is 1. The van der Waals surface area contributed by atoms with E-state index in [4.69, 9.17) is 5.11 Å². The minimum atomic E-state index is -1.74. The van der Waals surface area contributed by atoms with Gasteiger partial charge in [-0.15, -0.1) is 0 Å². The van der Waals surface area contributed by atoms with Gasteiger partial charge in [0, 0.05) is 11.1 Å². The van der Waals surface area contributed by atoms with Gasteiger partial charge in [-0.25, -0.2) is 22.4 Å². The zero-order chi connectivity index (χ0) is 14.2. The fraction of sp³-hybridized carbons (Fsp3) is 0. The monoisotopic (exact) mass is 270 g/mol. The van der Waals surface area contributed by atoms with Crippen molar-refractivity contribution in [3.05, 3.63) is 59.2 Å². The molecule has 0 aliphatic rings. The molecular weight excluding hydrogens is 264 g/mol. The largest absolute Gasteiger partial charge is 0.478 e.